The topological polar surface area (TPSA) is 54.4 Å². The van der Waals surface area contributed by atoms with Crippen molar-refractivity contribution in [2.24, 2.45) is 0 Å². The second-order valence-corrected chi connectivity index (χ2v) is 5.27. The van der Waals surface area contributed by atoms with Gasteiger partial charge in [0.15, 0.2) is 9.84 Å². The highest BCUT2D eigenvalue weighted by molar-refractivity contribution is 7.92. The molecule has 1 fully saturated rings. The molecule has 1 N–H and O–H groups in total. The molecule has 0 heterocycles. The molecule has 1 aliphatic carbocycles. The summed E-state index contributed by atoms with van der Waals surface area (Å²) in [5.74, 6) is 0.199. The minimum absolute atomic E-state index is 0.199. The minimum atomic E-state index is -2.85. The van der Waals surface area contributed by atoms with Crippen molar-refractivity contribution in [3.63, 3.8) is 0 Å². The van der Waals surface area contributed by atoms with E-state index in [-0.39, 0.29) is 17.1 Å². The van der Waals surface area contributed by atoms with Gasteiger partial charge in [-0.15, -0.1) is 0 Å². The highest BCUT2D eigenvalue weighted by Crippen LogP contribution is 2.26. The Labute approximate surface area is 61.0 Å². The van der Waals surface area contributed by atoms with E-state index in [1.54, 1.807) is 6.92 Å². The molecule has 0 bridgehead atoms. The van der Waals surface area contributed by atoms with Crippen LogP contribution < -0.4 is 0 Å². The van der Waals surface area contributed by atoms with Crippen LogP contribution in [0.15, 0.2) is 0 Å². The zero-order valence-corrected chi connectivity index (χ0v) is 6.76. The summed E-state index contributed by atoms with van der Waals surface area (Å²) in [6, 6.07) is 0. The number of aliphatic hydroxyl groups excluding tert-OH is 1. The fraction of sp³-hybridized carbons (Fsp3) is 1.00. The van der Waals surface area contributed by atoms with E-state index in [0.717, 1.165) is 0 Å². The van der Waals surface area contributed by atoms with E-state index in [0.29, 0.717) is 12.8 Å². The molecule has 0 saturated heterocycles. The molecular weight excluding hydrogens is 152 g/mol. The first-order valence-electron chi connectivity index (χ1n) is 3.46. The molecule has 0 aliphatic heterocycles. The highest BCUT2D eigenvalue weighted by atomic mass is 32.2. The predicted octanol–water partition coefficient (Wildman–Crippen LogP) is -0.0556. The summed E-state index contributed by atoms with van der Waals surface area (Å²) in [6.07, 6.45) is 0.512. The summed E-state index contributed by atoms with van der Waals surface area (Å²) in [7, 11) is -2.85. The van der Waals surface area contributed by atoms with E-state index in [1.165, 1.54) is 0 Å². The summed E-state index contributed by atoms with van der Waals surface area (Å²) in [6.45, 7) is 1.64. The molecule has 0 radical (unpaired) electrons. The van der Waals surface area contributed by atoms with Crippen LogP contribution >= 0.6 is 0 Å². The molecule has 10 heavy (non-hydrogen) atoms. The molecule has 1 rings (SSSR count). The van der Waals surface area contributed by atoms with Crippen LogP contribution in [0.3, 0.4) is 0 Å². The Morgan fingerprint density at radius 3 is 2.30 bits per heavy atom. The van der Waals surface area contributed by atoms with Crippen LogP contribution in [0.2, 0.25) is 0 Å². The summed E-state index contributed by atoms with van der Waals surface area (Å²) >= 11 is 0. The van der Waals surface area contributed by atoms with Crippen LogP contribution in [-0.2, 0) is 9.84 Å². The average molecular weight is 164 g/mol. The number of hydrogen-bond acceptors (Lipinski definition) is 3. The lowest BCUT2D eigenvalue weighted by Crippen LogP contribution is -2.40. The highest BCUT2D eigenvalue weighted by Gasteiger charge is 2.36. The average Bonchev–Trinajstić information content (AvgIpc) is 1.81. The zero-order chi connectivity index (χ0) is 7.78. The van der Waals surface area contributed by atoms with Gasteiger partial charge in [0, 0.05) is 5.75 Å². The number of hydrogen-bond donors (Lipinski definition) is 1. The third-order valence-corrected chi connectivity index (χ3v) is 4.19. The normalized spacial score (nSPS) is 33.4. The summed E-state index contributed by atoms with van der Waals surface area (Å²) in [4.78, 5) is 0. The van der Waals surface area contributed by atoms with Gasteiger partial charge in [0.05, 0.1) is 11.4 Å². The first-order valence-corrected chi connectivity index (χ1v) is 5.17. The van der Waals surface area contributed by atoms with Gasteiger partial charge in [-0.1, -0.05) is 6.92 Å². The predicted molar refractivity (Wildman–Crippen MR) is 38.5 cm³/mol. The fourth-order valence-electron chi connectivity index (χ4n) is 1.07. The quantitative estimate of drug-likeness (QED) is 0.622. The zero-order valence-electron chi connectivity index (χ0n) is 5.95. The van der Waals surface area contributed by atoms with Gasteiger partial charge in [0.1, 0.15) is 0 Å². The van der Waals surface area contributed by atoms with Crippen molar-refractivity contribution in [1.82, 2.24) is 0 Å². The molecule has 0 unspecified atom stereocenters. The van der Waals surface area contributed by atoms with Crippen molar-refractivity contribution in [3.05, 3.63) is 0 Å². The Kier molecular flexibility index (Phi) is 2.01. The maximum Gasteiger partial charge on any atom is 0.153 e. The first kappa shape index (κ1) is 8.01. The lowest BCUT2D eigenvalue weighted by atomic mass is 9.96. The standard InChI is InChI=1S/C6H12O3S/c1-2-10(8,9)6-3-5(7)4-6/h5-7H,2-4H2,1H3/t5-,6+. The molecule has 1 aliphatic rings. The molecule has 0 amide bonds. The third-order valence-electron chi connectivity index (χ3n) is 1.98. The van der Waals surface area contributed by atoms with Crippen LogP contribution in [0.4, 0.5) is 0 Å². The molecule has 0 aromatic carbocycles. The molecule has 0 aromatic heterocycles. The van der Waals surface area contributed by atoms with Gasteiger partial charge in [-0.2, -0.15) is 0 Å². The van der Waals surface area contributed by atoms with E-state index >= 15 is 0 Å². The monoisotopic (exact) mass is 164 g/mol. The van der Waals surface area contributed by atoms with Crippen LogP contribution in [-0.4, -0.2) is 30.6 Å². The van der Waals surface area contributed by atoms with Gasteiger partial charge in [0.25, 0.3) is 0 Å². The first-order chi connectivity index (χ1) is 4.56. The third kappa shape index (κ3) is 1.32. The molecule has 0 aromatic rings. The Morgan fingerprint density at radius 1 is 1.50 bits per heavy atom. The largest absolute Gasteiger partial charge is 0.393 e. The van der Waals surface area contributed by atoms with E-state index < -0.39 is 9.84 Å². The van der Waals surface area contributed by atoms with Crippen LogP contribution in [0.25, 0.3) is 0 Å². The molecule has 4 heteroatoms. The molecule has 60 valence electrons. The fourth-order valence-corrected chi connectivity index (χ4v) is 2.57. The molecular formula is C6H12O3S. The van der Waals surface area contributed by atoms with Gasteiger partial charge < -0.3 is 5.11 Å². The molecule has 0 atom stereocenters. The molecule has 0 spiro atoms. The summed E-state index contributed by atoms with van der Waals surface area (Å²) in [5, 5.41) is 8.56. The van der Waals surface area contributed by atoms with Crippen molar-refractivity contribution in [1.29, 1.82) is 0 Å². The summed E-state index contributed by atoms with van der Waals surface area (Å²) < 4.78 is 22.0. The molecule has 1 saturated carbocycles. The van der Waals surface area contributed by atoms with E-state index in [2.05, 4.69) is 0 Å². The lowest BCUT2D eigenvalue weighted by Gasteiger charge is -2.30. The van der Waals surface area contributed by atoms with E-state index in [1.807, 2.05) is 0 Å². The van der Waals surface area contributed by atoms with Gasteiger partial charge in [0.2, 0.25) is 0 Å². The lowest BCUT2D eigenvalue weighted by molar-refractivity contribution is 0.0977. The number of aliphatic hydroxyl groups is 1. The Bertz CT molecular complexity index is 201. The van der Waals surface area contributed by atoms with Gasteiger partial charge >= 0.3 is 0 Å². The number of rotatable bonds is 2. The van der Waals surface area contributed by atoms with Crippen molar-refractivity contribution >= 4 is 9.84 Å². The Balaban J connectivity index is 2.53. The van der Waals surface area contributed by atoms with Gasteiger partial charge in [-0.3, -0.25) is 0 Å². The van der Waals surface area contributed by atoms with Crippen LogP contribution in [0, 0.1) is 0 Å². The SMILES string of the molecule is CCS(=O)(=O)[C@H]1C[C@@H](O)C1. The van der Waals surface area contributed by atoms with Crippen molar-refractivity contribution < 1.29 is 13.5 Å². The maximum atomic E-state index is 11.0. The minimum Gasteiger partial charge on any atom is -0.393 e. The smallest absolute Gasteiger partial charge is 0.153 e. The van der Waals surface area contributed by atoms with Crippen molar-refractivity contribution in [3.8, 4) is 0 Å². The Hall–Kier alpha value is -0.0900. The second kappa shape index (κ2) is 2.51. The van der Waals surface area contributed by atoms with Crippen LogP contribution in [0.1, 0.15) is 19.8 Å². The second-order valence-electron chi connectivity index (χ2n) is 2.70. The van der Waals surface area contributed by atoms with E-state index in [9.17, 15) is 8.42 Å². The maximum absolute atomic E-state index is 11.0. The van der Waals surface area contributed by atoms with Crippen LogP contribution in [0.5, 0.6) is 0 Å². The van der Waals surface area contributed by atoms with E-state index in [4.69, 9.17) is 5.11 Å². The molecule has 3 nitrogen and oxygen atoms in total. The van der Waals surface area contributed by atoms with Gasteiger partial charge in [-0.25, -0.2) is 8.42 Å². The van der Waals surface area contributed by atoms with Gasteiger partial charge in [-0.05, 0) is 12.8 Å². The Morgan fingerprint density at radius 2 is 2.00 bits per heavy atom. The van der Waals surface area contributed by atoms with Crippen molar-refractivity contribution in [2.75, 3.05) is 5.75 Å². The number of sulfone groups is 1. The summed E-state index contributed by atoms with van der Waals surface area (Å²) in [5.41, 5.74) is 0. The van der Waals surface area contributed by atoms with Crippen molar-refractivity contribution in [2.45, 2.75) is 31.1 Å².